The van der Waals surface area contributed by atoms with Gasteiger partial charge in [0, 0.05) is 26.2 Å². The van der Waals surface area contributed by atoms with Crippen molar-refractivity contribution in [3.8, 4) is 0 Å². The molecule has 0 amide bonds. The van der Waals surface area contributed by atoms with Gasteiger partial charge in [-0.25, -0.2) is 4.98 Å². The van der Waals surface area contributed by atoms with Gasteiger partial charge in [-0.05, 0) is 23.8 Å². The average molecular weight is 265 g/mol. The summed E-state index contributed by atoms with van der Waals surface area (Å²) in [6.07, 6.45) is 4.17. The van der Waals surface area contributed by atoms with Gasteiger partial charge in [-0.3, -0.25) is 0 Å². The summed E-state index contributed by atoms with van der Waals surface area (Å²) in [6.45, 7) is 4.12. The van der Waals surface area contributed by atoms with Crippen LogP contribution < -0.4 is 10.2 Å². The summed E-state index contributed by atoms with van der Waals surface area (Å²) >= 11 is 0. The Morgan fingerprint density at radius 3 is 2.50 bits per heavy atom. The molecule has 0 bridgehead atoms. The first-order valence-electron chi connectivity index (χ1n) is 7.08. The number of hydrogen-bond donors (Lipinski definition) is 1. The summed E-state index contributed by atoms with van der Waals surface area (Å²) in [7, 11) is 0. The Bertz CT molecular complexity index is 572. The molecule has 3 nitrogen and oxygen atoms in total. The lowest BCUT2D eigenvalue weighted by atomic mass is 10.2. The minimum absolute atomic E-state index is 1.00. The van der Waals surface area contributed by atoms with Crippen LogP contribution in [0.3, 0.4) is 0 Å². The smallest absolute Gasteiger partial charge is 0.129 e. The van der Waals surface area contributed by atoms with E-state index in [0.29, 0.717) is 0 Å². The standard InChI is InChI=1S/C17H19N3/c1-2-5-15(6-3-1)9-10-16-7-4-8-17(19-16)20-13-11-18-12-14-20/h1-10,18H,11-14H2. The van der Waals surface area contributed by atoms with Gasteiger partial charge < -0.3 is 10.2 Å². The molecule has 3 rings (SSSR count). The van der Waals surface area contributed by atoms with Crippen molar-refractivity contribution in [1.82, 2.24) is 10.3 Å². The third-order valence-corrected chi connectivity index (χ3v) is 3.44. The van der Waals surface area contributed by atoms with Crippen molar-refractivity contribution in [3.63, 3.8) is 0 Å². The largest absolute Gasteiger partial charge is 0.354 e. The van der Waals surface area contributed by atoms with Crippen LogP contribution >= 0.6 is 0 Å². The van der Waals surface area contributed by atoms with E-state index in [9.17, 15) is 0 Å². The topological polar surface area (TPSA) is 28.2 Å². The van der Waals surface area contributed by atoms with E-state index >= 15 is 0 Å². The van der Waals surface area contributed by atoms with E-state index in [1.807, 2.05) is 24.3 Å². The van der Waals surface area contributed by atoms with E-state index in [2.05, 4.69) is 46.6 Å². The van der Waals surface area contributed by atoms with Gasteiger partial charge in [-0.2, -0.15) is 0 Å². The van der Waals surface area contributed by atoms with Gasteiger partial charge in [-0.15, -0.1) is 0 Å². The van der Waals surface area contributed by atoms with Gasteiger partial charge in [0.1, 0.15) is 5.82 Å². The normalized spacial score (nSPS) is 15.7. The van der Waals surface area contributed by atoms with Crippen LogP contribution in [-0.2, 0) is 0 Å². The molecule has 1 N–H and O–H groups in total. The predicted octanol–water partition coefficient (Wildman–Crippen LogP) is 2.66. The Labute approximate surface area is 120 Å². The molecule has 1 saturated heterocycles. The first-order chi connectivity index (χ1) is 9.92. The Hall–Kier alpha value is -2.13. The third-order valence-electron chi connectivity index (χ3n) is 3.44. The van der Waals surface area contributed by atoms with Gasteiger partial charge in [0.05, 0.1) is 5.69 Å². The zero-order chi connectivity index (χ0) is 13.6. The molecule has 20 heavy (non-hydrogen) atoms. The molecular formula is C17H19N3. The van der Waals surface area contributed by atoms with Crippen LogP contribution in [0.15, 0.2) is 48.5 Å². The number of anilines is 1. The van der Waals surface area contributed by atoms with Crippen LogP contribution in [0.25, 0.3) is 12.2 Å². The molecule has 0 unspecified atom stereocenters. The molecule has 0 saturated carbocycles. The number of benzene rings is 1. The fourth-order valence-corrected chi connectivity index (χ4v) is 2.35. The first-order valence-corrected chi connectivity index (χ1v) is 7.08. The zero-order valence-corrected chi connectivity index (χ0v) is 11.5. The van der Waals surface area contributed by atoms with Crippen molar-refractivity contribution < 1.29 is 0 Å². The monoisotopic (exact) mass is 265 g/mol. The second-order valence-electron chi connectivity index (χ2n) is 4.90. The highest BCUT2D eigenvalue weighted by Crippen LogP contribution is 2.14. The maximum Gasteiger partial charge on any atom is 0.129 e. The molecule has 1 aromatic carbocycles. The summed E-state index contributed by atoms with van der Waals surface area (Å²) in [5.74, 6) is 1.07. The predicted molar refractivity (Wildman–Crippen MR) is 84.7 cm³/mol. The Kier molecular flexibility index (Phi) is 4.09. The third kappa shape index (κ3) is 3.25. The molecular weight excluding hydrogens is 246 g/mol. The minimum atomic E-state index is 1.00. The van der Waals surface area contributed by atoms with Crippen molar-refractivity contribution in [2.45, 2.75) is 0 Å². The van der Waals surface area contributed by atoms with E-state index in [1.54, 1.807) is 0 Å². The van der Waals surface area contributed by atoms with Crippen LogP contribution in [0, 0.1) is 0 Å². The van der Waals surface area contributed by atoms with Crippen molar-refractivity contribution in [1.29, 1.82) is 0 Å². The highest BCUT2D eigenvalue weighted by molar-refractivity contribution is 5.68. The van der Waals surface area contributed by atoms with Gasteiger partial charge >= 0.3 is 0 Å². The molecule has 1 aromatic heterocycles. The molecule has 102 valence electrons. The maximum absolute atomic E-state index is 4.72. The van der Waals surface area contributed by atoms with Gasteiger partial charge in [-0.1, -0.05) is 42.5 Å². The second-order valence-corrected chi connectivity index (χ2v) is 4.90. The number of pyridine rings is 1. The molecule has 0 spiro atoms. The molecule has 0 aliphatic carbocycles. The van der Waals surface area contributed by atoms with Crippen LogP contribution in [0.4, 0.5) is 5.82 Å². The molecule has 0 atom stereocenters. The van der Waals surface area contributed by atoms with E-state index < -0.39 is 0 Å². The van der Waals surface area contributed by atoms with Gasteiger partial charge in [0.2, 0.25) is 0 Å². The maximum atomic E-state index is 4.72. The lowest BCUT2D eigenvalue weighted by Crippen LogP contribution is -2.43. The number of nitrogens with zero attached hydrogens (tertiary/aromatic N) is 2. The molecule has 1 fully saturated rings. The van der Waals surface area contributed by atoms with E-state index in [1.165, 1.54) is 5.56 Å². The number of hydrogen-bond acceptors (Lipinski definition) is 3. The summed E-state index contributed by atoms with van der Waals surface area (Å²) in [5.41, 5.74) is 2.20. The molecule has 3 heteroatoms. The lowest BCUT2D eigenvalue weighted by molar-refractivity contribution is 0.585. The summed E-state index contributed by atoms with van der Waals surface area (Å²) < 4.78 is 0. The zero-order valence-electron chi connectivity index (χ0n) is 11.5. The van der Waals surface area contributed by atoms with E-state index in [-0.39, 0.29) is 0 Å². The first kappa shape index (κ1) is 12.9. The molecule has 2 aromatic rings. The SMILES string of the molecule is C(=Cc1cccc(N2CCNCC2)n1)c1ccccc1. The lowest BCUT2D eigenvalue weighted by Gasteiger charge is -2.28. The molecule has 0 radical (unpaired) electrons. The van der Waals surface area contributed by atoms with Crippen molar-refractivity contribution in [2.75, 3.05) is 31.1 Å². The van der Waals surface area contributed by atoms with Gasteiger partial charge in [0.15, 0.2) is 0 Å². The van der Waals surface area contributed by atoms with E-state index in [4.69, 9.17) is 4.98 Å². The van der Waals surface area contributed by atoms with Crippen molar-refractivity contribution in [2.24, 2.45) is 0 Å². The summed E-state index contributed by atoms with van der Waals surface area (Å²) in [6, 6.07) is 16.5. The summed E-state index contributed by atoms with van der Waals surface area (Å²) in [4.78, 5) is 7.05. The number of aromatic nitrogens is 1. The highest BCUT2D eigenvalue weighted by Gasteiger charge is 2.11. The van der Waals surface area contributed by atoms with Gasteiger partial charge in [0.25, 0.3) is 0 Å². The molecule has 1 aliphatic heterocycles. The quantitative estimate of drug-likeness (QED) is 0.924. The molecule has 2 heterocycles. The average Bonchev–Trinajstić information content (AvgIpc) is 2.55. The van der Waals surface area contributed by atoms with Crippen LogP contribution in [-0.4, -0.2) is 31.2 Å². The summed E-state index contributed by atoms with van der Waals surface area (Å²) in [5, 5.41) is 3.36. The fraction of sp³-hybridized carbons (Fsp3) is 0.235. The van der Waals surface area contributed by atoms with E-state index in [0.717, 1.165) is 37.7 Å². The second kappa shape index (κ2) is 6.35. The van der Waals surface area contributed by atoms with Crippen molar-refractivity contribution in [3.05, 3.63) is 59.8 Å². The number of piperazine rings is 1. The van der Waals surface area contributed by atoms with Crippen LogP contribution in [0.5, 0.6) is 0 Å². The highest BCUT2D eigenvalue weighted by atomic mass is 15.2. The minimum Gasteiger partial charge on any atom is -0.354 e. The Morgan fingerprint density at radius 2 is 1.70 bits per heavy atom. The Balaban J connectivity index is 1.75. The van der Waals surface area contributed by atoms with Crippen LogP contribution in [0.2, 0.25) is 0 Å². The molecule has 1 aliphatic rings. The van der Waals surface area contributed by atoms with Crippen molar-refractivity contribution >= 4 is 18.0 Å². The Morgan fingerprint density at radius 1 is 0.900 bits per heavy atom. The number of rotatable bonds is 3. The van der Waals surface area contributed by atoms with Crippen LogP contribution in [0.1, 0.15) is 11.3 Å². The number of nitrogens with one attached hydrogen (secondary N) is 1. The fourth-order valence-electron chi connectivity index (χ4n) is 2.35.